The largest absolute Gasteiger partial charge is 0.442 e. The monoisotopic (exact) mass is 455 g/mol. The van der Waals surface area contributed by atoms with Gasteiger partial charge in [-0.15, -0.1) is 23.7 Å². The first-order valence-corrected chi connectivity index (χ1v) is 9.95. The molecule has 29 heavy (non-hydrogen) atoms. The van der Waals surface area contributed by atoms with Crippen LogP contribution in [-0.4, -0.2) is 50.6 Å². The van der Waals surface area contributed by atoms with Crippen molar-refractivity contribution in [2.45, 2.75) is 6.10 Å². The van der Waals surface area contributed by atoms with E-state index in [1.54, 1.807) is 23.4 Å². The zero-order valence-corrected chi connectivity index (χ0v) is 17.6. The van der Waals surface area contributed by atoms with E-state index in [0.29, 0.717) is 15.8 Å². The lowest BCUT2D eigenvalue weighted by Gasteiger charge is -2.23. The van der Waals surface area contributed by atoms with E-state index in [1.165, 1.54) is 11.3 Å². The highest BCUT2D eigenvalue weighted by Gasteiger charge is 2.32. The second kappa shape index (κ2) is 9.34. The summed E-state index contributed by atoms with van der Waals surface area (Å²) in [7, 11) is 0. The quantitative estimate of drug-likeness (QED) is 0.723. The first kappa shape index (κ1) is 21.2. The average Bonchev–Trinajstić information content (AvgIpc) is 3.32. The highest BCUT2D eigenvalue weighted by atomic mass is 35.5. The van der Waals surface area contributed by atoms with Crippen molar-refractivity contribution in [2.24, 2.45) is 5.10 Å². The van der Waals surface area contributed by atoms with Gasteiger partial charge in [0.2, 0.25) is 0 Å². The van der Waals surface area contributed by atoms with E-state index in [2.05, 4.69) is 15.7 Å². The third-order valence-electron chi connectivity index (χ3n) is 4.38. The molecule has 2 amide bonds. The number of carbonyl (C=O) groups excluding carboxylic acids is 2. The van der Waals surface area contributed by atoms with Crippen molar-refractivity contribution in [3.05, 3.63) is 45.6 Å². The molecule has 4 rings (SSSR count). The Morgan fingerprint density at radius 1 is 1.28 bits per heavy atom. The van der Waals surface area contributed by atoms with E-state index in [1.807, 2.05) is 29.3 Å². The number of cyclic esters (lactones) is 1. The molecule has 2 aliphatic rings. The molecular formula is C18H19Cl2N5O3S. The highest BCUT2D eigenvalue weighted by molar-refractivity contribution is 7.18. The molecule has 2 aromatic rings. The summed E-state index contributed by atoms with van der Waals surface area (Å²) < 4.78 is 5.93. The smallest absolute Gasteiger partial charge is 0.414 e. The maximum Gasteiger partial charge on any atom is 0.414 e. The van der Waals surface area contributed by atoms with Crippen LogP contribution in [0.15, 0.2) is 41.5 Å². The van der Waals surface area contributed by atoms with Crippen LogP contribution in [0.4, 0.5) is 16.2 Å². The van der Waals surface area contributed by atoms with Crippen LogP contribution < -0.4 is 20.5 Å². The van der Waals surface area contributed by atoms with Crippen molar-refractivity contribution >= 4 is 65.1 Å². The van der Waals surface area contributed by atoms with Crippen molar-refractivity contribution in [1.82, 2.24) is 10.6 Å². The number of amides is 2. The SMILES string of the molecule is Cl.O=C(NC[C@H]1CN(c2ccc(N3CCNC=N3)cc2)C(=O)O1)c1ccc(Cl)s1. The Balaban J connectivity index is 0.00000240. The Kier molecular flexibility index (Phi) is 6.83. The molecule has 2 N–H and O–H groups in total. The highest BCUT2D eigenvalue weighted by Crippen LogP contribution is 2.25. The van der Waals surface area contributed by atoms with Crippen LogP contribution in [0.3, 0.4) is 0 Å². The average molecular weight is 456 g/mol. The summed E-state index contributed by atoms with van der Waals surface area (Å²) in [6.07, 6.45) is 0.828. The molecule has 1 aromatic carbocycles. The van der Waals surface area contributed by atoms with Gasteiger partial charge in [0, 0.05) is 12.2 Å². The molecular weight excluding hydrogens is 437 g/mol. The molecule has 11 heteroatoms. The summed E-state index contributed by atoms with van der Waals surface area (Å²) in [5.74, 6) is -0.229. The first-order valence-electron chi connectivity index (χ1n) is 8.75. The van der Waals surface area contributed by atoms with Gasteiger partial charge in [-0.1, -0.05) is 11.6 Å². The topological polar surface area (TPSA) is 86.3 Å². The van der Waals surface area contributed by atoms with Crippen LogP contribution in [-0.2, 0) is 4.74 Å². The Bertz CT molecular complexity index is 905. The zero-order valence-electron chi connectivity index (χ0n) is 15.2. The van der Waals surface area contributed by atoms with Crippen LogP contribution in [0.25, 0.3) is 0 Å². The molecule has 0 aliphatic carbocycles. The lowest BCUT2D eigenvalue weighted by atomic mass is 10.2. The third kappa shape index (κ3) is 4.92. The number of thiophene rings is 1. The standard InChI is InChI=1S/C18H18ClN5O3S.ClH/c19-16-6-5-15(28-16)17(25)21-9-14-10-23(18(26)27-14)12-1-3-13(4-2-12)24-8-7-20-11-22-24;/h1-6,11,14H,7-10H2,(H,20,22)(H,21,25);1H/t14-;/m0./s1. The van der Waals surface area contributed by atoms with Crippen molar-refractivity contribution in [3.8, 4) is 0 Å². The number of carbonyl (C=O) groups is 2. The molecule has 0 unspecified atom stereocenters. The fourth-order valence-corrected chi connectivity index (χ4v) is 3.93. The van der Waals surface area contributed by atoms with E-state index in [0.717, 1.165) is 24.5 Å². The molecule has 154 valence electrons. The number of hydrogen-bond acceptors (Lipinski definition) is 7. The molecule has 1 atom stereocenters. The molecule has 0 radical (unpaired) electrons. The minimum absolute atomic E-state index is 0. The van der Waals surface area contributed by atoms with Crippen molar-refractivity contribution in [1.29, 1.82) is 0 Å². The van der Waals surface area contributed by atoms with E-state index in [-0.39, 0.29) is 24.9 Å². The van der Waals surface area contributed by atoms with Crippen LogP contribution in [0.1, 0.15) is 9.67 Å². The molecule has 2 aliphatic heterocycles. The Morgan fingerprint density at radius 2 is 2.03 bits per heavy atom. The molecule has 3 heterocycles. The van der Waals surface area contributed by atoms with Gasteiger partial charge in [-0.25, -0.2) is 4.79 Å². The van der Waals surface area contributed by atoms with Crippen molar-refractivity contribution in [2.75, 3.05) is 36.1 Å². The summed E-state index contributed by atoms with van der Waals surface area (Å²) in [6, 6.07) is 10.9. The molecule has 0 bridgehead atoms. The normalized spacial score (nSPS) is 18.1. The summed E-state index contributed by atoms with van der Waals surface area (Å²) >= 11 is 7.05. The summed E-state index contributed by atoms with van der Waals surface area (Å²) in [6.45, 7) is 2.22. The second-order valence-electron chi connectivity index (χ2n) is 6.27. The number of nitrogens with one attached hydrogen (secondary N) is 2. The van der Waals surface area contributed by atoms with Gasteiger partial charge < -0.3 is 15.4 Å². The van der Waals surface area contributed by atoms with E-state index in [9.17, 15) is 9.59 Å². The molecule has 8 nitrogen and oxygen atoms in total. The Labute approximate surface area is 182 Å². The fraction of sp³-hybridized carbons (Fsp3) is 0.278. The molecule has 1 saturated heterocycles. The number of halogens is 2. The third-order valence-corrected chi connectivity index (χ3v) is 5.61. The van der Waals surface area contributed by atoms with Crippen molar-refractivity contribution < 1.29 is 14.3 Å². The maximum absolute atomic E-state index is 12.2. The lowest BCUT2D eigenvalue weighted by Crippen LogP contribution is -2.34. The van der Waals surface area contributed by atoms with Crippen LogP contribution in [0, 0.1) is 0 Å². The number of benzene rings is 1. The molecule has 1 aromatic heterocycles. The van der Waals surface area contributed by atoms with Crippen molar-refractivity contribution in [3.63, 3.8) is 0 Å². The molecule has 1 fully saturated rings. The number of nitrogens with zero attached hydrogens (tertiary/aromatic N) is 3. The molecule has 0 spiro atoms. The van der Waals surface area contributed by atoms with Gasteiger partial charge in [0.15, 0.2) is 0 Å². The van der Waals surface area contributed by atoms with Crippen LogP contribution >= 0.6 is 35.3 Å². The maximum atomic E-state index is 12.2. The predicted molar refractivity (Wildman–Crippen MR) is 117 cm³/mol. The predicted octanol–water partition coefficient (Wildman–Crippen LogP) is 2.93. The molecule has 0 saturated carbocycles. The number of hydrazone groups is 1. The van der Waals surface area contributed by atoms with E-state index in [4.69, 9.17) is 16.3 Å². The summed E-state index contributed by atoms with van der Waals surface area (Å²) in [5.41, 5.74) is 1.69. The van der Waals surface area contributed by atoms with Gasteiger partial charge in [0.25, 0.3) is 5.91 Å². The Morgan fingerprint density at radius 3 is 2.69 bits per heavy atom. The van der Waals surface area contributed by atoms with E-state index >= 15 is 0 Å². The second-order valence-corrected chi connectivity index (χ2v) is 7.98. The zero-order chi connectivity index (χ0) is 19.5. The first-order chi connectivity index (χ1) is 13.6. The minimum atomic E-state index is -0.425. The van der Waals surface area contributed by atoms with Gasteiger partial charge in [0.05, 0.1) is 34.5 Å². The fourth-order valence-electron chi connectivity index (χ4n) is 2.97. The number of rotatable bonds is 5. The Hall–Kier alpha value is -2.49. The van der Waals surface area contributed by atoms with Gasteiger partial charge >= 0.3 is 6.09 Å². The van der Waals surface area contributed by atoms with Gasteiger partial charge in [0.1, 0.15) is 12.4 Å². The van der Waals surface area contributed by atoms with Gasteiger partial charge in [-0.05, 0) is 36.4 Å². The lowest BCUT2D eigenvalue weighted by molar-refractivity contribution is 0.0920. The van der Waals surface area contributed by atoms with E-state index < -0.39 is 12.2 Å². The van der Waals surface area contributed by atoms with Gasteiger partial charge in [-0.3, -0.25) is 14.7 Å². The minimum Gasteiger partial charge on any atom is -0.442 e. The summed E-state index contributed by atoms with van der Waals surface area (Å²) in [4.78, 5) is 26.4. The van der Waals surface area contributed by atoms with Crippen LogP contribution in [0.2, 0.25) is 4.34 Å². The number of hydrogen-bond donors (Lipinski definition) is 2. The number of anilines is 2. The summed E-state index contributed by atoms with van der Waals surface area (Å²) in [5, 5.41) is 12.0. The van der Waals surface area contributed by atoms with Gasteiger partial charge in [-0.2, -0.15) is 5.10 Å². The van der Waals surface area contributed by atoms with Crippen LogP contribution in [0.5, 0.6) is 0 Å². The number of ether oxygens (including phenoxy) is 1.